The maximum atomic E-state index is 15.3. The van der Waals surface area contributed by atoms with Gasteiger partial charge < -0.3 is 104 Å². The van der Waals surface area contributed by atoms with Crippen molar-refractivity contribution in [3.05, 3.63) is 108 Å². The number of nitrogens with two attached hydrogens (primary N) is 9. The minimum atomic E-state index is -1.47. The van der Waals surface area contributed by atoms with Crippen LogP contribution >= 0.6 is 0 Å². The Balaban J connectivity index is 1.35. The van der Waals surface area contributed by atoms with Gasteiger partial charge in [-0.15, -0.1) is 0 Å². The van der Waals surface area contributed by atoms with Gasteiger partial charge in [-0.25, -0.2) is 4.79 Å². The van der Waals surface area contributed by atoms with Crippen molar-refractivity contribution in [3.8, 4) is 0 Å². The summed E-state index contributed by atoms with van der Waals surface area (Å²) < 4.78 is 0. The van der Waals surface area contributed by atoms with Gasteiger partial charge in [-0.1, -0.05) is 54.6 Å². The van der Waals surface area contributed by atoms with Crippen LogP contribution in [0, 0.1) is 0 Å². The number of H-pyrrole nitrogens is 3. The standard InChI is InChI=1S/C57H80N22O8/c58-37(14-7-21-67-54(59)60)47(80)74-41(18-8-22-68-55(61)62)48(81)75-42(19-9-23-69-56(63)64)49(82)77-45(26-32-29-72-39-16-5-2-12-35(32)39)51(84)79-46(27-33-30-73-40-17-6-3-13-36(33)40)52(85)78-44(25-31-28-71-38-15-4-1-11-34(31)38)50(83)76-43(53(86)87)20-10-24-70-57(65)66/h1-6,11-13,15-17,28-30,37,41-46,71-73H,7-10,14,18-27,58H2,(H,74,80)(H,75,81)(H,76,83)(H,77,82)(H,78,85)(H,79,84)(H,86,87)(H4,59,60,67)(H4,61,62,68)(H4,63,64,69)(H4,65,66,70)/t37-,41-,42-,43-,44-,45-,46-/m0/s1. The van der Waals surface area contributed by atoms with Gasteiger partial charge in [0.1, 0.15) is 36.3 Å². The number of hydrogen-bond donors (Lipinski definition) is 19. The van der Waals surface area contributed by atoms with E-state index in [1.54, 1.807) is 36.8 Å². The van der Waals surface area contributed by atoms with E-state index in [9.17, 15) is 29.1 Å². The minimum absolute atomic E-state index is 0.00593. The molecule has 0 saturated heterocycles. The molecule has 0 saturated carbocycles. The van der Waals surface area contributed by atoms with E-state index in [2.05, 4.69) is 66.8 Å². The van der Waals surface area contributed by atoms with Crippen LogP contribution in [0.25, 0.3) is 32.7 Å². The summed E-state index contributed by atoms with van der Waals surface area (Å²) in [6.45, 7) is 0.416. The number of carbonyl (C=O) groups is 7. The van der Waals surface area contributed by atoms with Gasteiger partial charge in [-0.05, 0) is 86.3 Å². The lowest BCUT2D eigenvalue weighted by Crippen LogP contribution is -2.60. The molecule has 87 heavy (non-hydrogen) atoms. The van der Waals surface area contributed by atoms with Gasteiger partial charge in [0, 0.05) is 96.7 Å². The number of carboxylic acids is 1. The number of nitrogens with zero attached hydrogens (tertiary/aromatic N) is 4. The summed E-state index contributed by atoms with van der Waals surface area (Å²) >= 11 is 0. The summed E-state index contributed by atoms with van der Waals surface area (Å²) in [5.41, 5.74) is 54.4. The van der Waals surface area contributed by atoms with Crippen LogP contribution in [0.1, 0.15) is 68.1 Å². The van der Waals surface area contributed by atoms with E-state index in [0.717, 1.165) is 32.7 Å². The molecule has 466 valence electrons. The highest BCUT2D eigenvalue weighted by Gasteiger charge is 2.35. The van der Waals surface area contributed by atoms with Crippen LogP contribution in [0.3, 0.4) is 0 Å². The van der Waals surface area contributed by atoms with Crippen LogP contribution in [0.2, 0.25) is 0 Å². The quantitative estimate of drug-likeness (QED) is 0.0113. The fourth-order valence-electron chi connectivity index (χ4n) is 9.79. The van der Waals surface area contributed by atoms with Gasteiger partial charge >= 0.3 is 5.97 Å². The minimum Gasteiger partial charge on any atom is -0.480 e. The Morgan fingerprint density at radius 1 is 0.379 bits per heavy atom. The van der Waals surface area contributed by atoms with Crippen molar-refractivity contribution in [1.82, 2.24) is 46.9 Å². The third-order valence-corrected chi connectivity index (χ3v) is 14.2. The molecule has 30 heteroatoms. The number of carbonyl (C=O) groups excluding carboxylic acids is 6. The van der Waals surface area contributed by atoms with Gasteiger partial charge in [0.05, 0.1) is 6.04 Å². The zero-order valence-corrected chi connectivity index (χ0v) is 48.1. The number of aliphatic carboxylic acids is 1. The monoisotopic (exact) mass is 1200 g/mol. The highest BCUT2D eigenvalue weighted by Crippen LogP contribution is 2.23. The molecule has 30 nitrogen and oxygen atoms in total. The van der Waals surface area contributed by atoms with Crippen LogP contribution in [0.5, 0.6) is 0 Å². The molecule has 0 unspecified atom stereocenters. The zero-order chi connectivity index (χ0) is 63.0. The smallest absolute Gasteiger partial charge is 0.326 e. The summed E-state index contributed by atoms with van der Waals surface area (Å²) in [4.78, 5) is 126. The third kappa shape index (κ3) is 20.4. The predicted octanol–water partition coefficient (Wildman–Crippen LogP) is -2.31. The first kappa shape index (κ1) is 65.8. The average Bonchev–Trinajstić information content (AvgIpc) is 3.16. The molecule has 0 aliphatic rings. The van der Waals surface area contributed by atoms with Crippen molar-refractivity contribution in [2.24, 2.45) is 71.6 Å². The number of aromatic nitrogens is 3. The average molecular weight is 1200 g/mol. The normalized spacial score (nSPS) is 13.5. The highest BCUT2D eigenvalue weighted by atomic mass is 16.4. The van der Waals surface area contributed by atoms with Crippen LogP contribution in [-0.2, 0) is 52.8 Å². The molecule has 3 aromatic heterocycles. The van der Waals surface area contributed by atoms with Crippen molar-refractivity contribution >= 4 is 98.0 Å². The second-order valence-electron chi connectivity index (χ2n) is 20.8. The Kier molecular flexibility index (Phi) is 24.6. The van der Waals surface area contributed by atoms with E-state index >= 15 is 9.59 Å². The number of aromatic amines is 3. The number of benzene rings is 3. The van der Waals surface area contributed by atoms with E-state index in [0.29, 0.717) is 23.1 Å². The van der Waals surface area contributed by atoms with Gasteiger partial charge in [0.25, 0.3) is 0 Å². The molecule has 6 rings (SSSR count). The zero-order valence-electron chi connectivity index (χ0n) is 48.1. The van der Waals surface area contributed by atoms with Crippen molar-refractivity contribution in [2.45, 2.75) is 113 Å². The summed E-state index contributed by atoms with van der Waals surface area (Å²) in [5, 5.41) is 29.0. The van der Waals surface area contributed by atoms with Crippen LogP contribution in [-0.4, -0.2) is 154 Å². The Bertz CT molecular complexity index is 3440. The summed E-state index contributed by atoms with van der Waals surface area (Å²) in [7, 11) is 0. The lowest BCUT2D eigenvalue weighted by atomic mass is 9.99. The first-order valence-electron chi connectivity index (χ1n) is 28.3. The number of fused-ring (bicyclic) bond motifs is 3. The largest absolute Gasteiger partial charge is 0.480 e. The molecule has 0 aliphatic heterocycles. The summed E-state index contributed by atoms with van der Waals surface area (Å²) in [5.74, 6) is -6.89. The molecular weight excluding hydrogens is 1120 g/mol. The maximum absolute atomic E-state index is 15.3. The molecule has 0 radical (unpaired) electrons. The highest BCUT2D eigenvalue weighted by molar-refractivity contribution is 5.98. The second kappa shape index (κ2) is 32.6. The van der Waals surface area contributed by atoms with Gasteiger partial charge in [0.2, 0.25) is 35.4 Å². The van der Waals surface area contributed by atoms with E-state index in [-0.39, 0.29) is 114 Å². The van der Waals surface area contributed by atoms with E-state index in [1.807, 2.05) is 54.6 Å². The number of amides is 6. The number of aliphatic imine (C=N–C) groups is 4. The number of rotatable bonds is 35. The van der Waals surface area contributed by atoms with E-state index in [1.165, 1.54) is 0 Å². The Hall–Kier alpha value is -10.4. The molecule has 0 fully saturated rings. The molecule has 28 N–H and O–H groups in total. The van der Waals surface area contributed by atoms with E-state index in [4.69, 9.17) is 51.6 Å². The lowest BCUT2D eigenvalue weighted by molar-refractivity contribution is -0.142. The molecule has 3 aromatic carbocycles. The van der Waals surface area contributed by atoms with Crippen LogP contribution in [0.15, 0.2) is 111 Å². The van der Waals surface area contributed by atoms with Crippen molar-refractivity contribution in [3.63, 3.8) is 0 Å². The van der Waals surface area contributed by atoms with Crippen molar-refractivity contribution in [1.29, 1.82) is 0 Å². The number of guanidine groups is 4. The van der Waals surface area contributed by atoms with Gasteiger partial charge in [0.15, 0.2) is 23.8 Å². The number of hydrogen-bond acceptors (Lipinski definition) is 12. The molecule has 6 aromatic rings. The fraction of sp³-hybridized carbons (Fsp3) is 0.386. The van der Waals surface area contributed by atoms with Gasteiger partial charge in [-0.3, -0.25) is 48.7 Å². The first-order chi connectivity index (χ1) is 41.7. The Morgan fingerprint density at radius 3 is 0.966 bits per heavy atom. The van der Waals surface area contributed by atoms with Crippen LogP contribution in [0.4, 0.5) is 0 Å². The van der Waals surface area contributed by atoms with Gasteiger partial charge in [-0.2, -0.15) is 0 Å². The third-order valence-electron chi connectivity index (χ3n) is 14.2. The van der Waals surface area contributed by atoms with Crippen LogP contribution < -0.4 is 83.5 Å². The molecule has 7 atom stereocenters. The van der Waals surface area contributed by atoms with E-state index < -0.39 is 83.7 Å². The second-order valence-corrected chi connectivity index (χ2v) is 20.8. The molecular formula is C57H80N22O8. The van der Waals surface area contributed by atoms with Crippen molar-refractivity contribution < 1.29 is 38.7 Å². The molecule has 0 bridgehead atoms. The topological polar surface area (TPSA) is 543 Å². The number of para-hydroxylation sites is 3. The summed E-state index contributed by atoms with van der Waals surface area (Å²) in [6, 6.07) is 12.3. The van der Waals surface area contributed by atoms with Crippen molar-refractivity contribution in [2.75, 3.05) is 26.2 Å². The molecule has 6 amide bonds. The number of carboxylic acid groups (broad SMARTS) is 1. The number of nitrogens with one attached hydrogen (secondary N) is 9. The summed E-state index contributed by atoms with van der Waals surface area (Å²) in [6.07, 6.45) is 5.50. The molecule has 0 aliphatic carbocycles. The first-order valence-corrected chi connectivity index (χ1v) is 28.3. The lowest BCUT2D eigenvalue weighted by Gasteiger charge is -2.28. The predicted molar refractivity (Wildman–Crippen MR) is 333 cm³/mol. The fourth-order valence-corrected chi connectivity index (χ4v) is 9.79. The molecule has 0 spiro atoms. The molecule has 3 heterocycles. The SMILES string of the molecule is NC(N)=NCCC[C@H](NC(=O)[C@H](Cc1c[nH]c2ccccc12)NC(=O)[C@H](Cc1c[nH]c2ccccc12)NC(=O)[C@H](Cc1c[nH]c2ccccc12)NC(=O)[C@H](CCCN=C(N)N)NC(=O)[C@H](CCCN=C(N)N)NC(=O)[C@@H](N)CCCN=C(N)N)C(=O)O. The Morgan fingerprint density at radius 2 is 0.644 bits per heavy atom. The maximum Gasteiger partial charge on any atom is 0.326 e. The Labute approximate surface area is 500 Å².